The molecule has 3 aromatic rings. The van der Waals surface area contributed by atoms with Crippen LogP contribution in [-0.2, 0) is 0 Å². The van der Waals surface area contributed by atoms with Crippen molar-refractivity contribution < 1.29 is 0 Å². The van der Waals surface area contributed by atoms with E-state index in [9.17, 15) is 0 Å². The third-order valence-corrected chi connectivity index (χ3v) is 7.04. The Morgan fingerprint density at radius 2 is 1.77 bits per heavy atom. The minimum atomic E-state index is 0.508. The van der Waals surface area contributed by atoms with Gasteiger partial charge in [-0.25, -0.2) is 9.97 Å². The maximum absolute atomic E-state index is 4.79. The fourth-order valence-corrected chi connectivity index (χ4v) is 5.18. The van der Waals surface area contributed by atoms with Crippen molar-refractivity contribution in [2.45, 2.75) is 25.8 Å². The number of piperazine rings is 1. The smallest absolute Gasteiger partial charge is 0.161 e. The molecule has 2 aliphatic rings. The fourth-order valence-electron chi connectivity index (χ4n) is 5.18. The van der Waals surface area contributed by atoms with Crippen LogP contribution in [0.4, 0.5) is 5.82 Å². The van der Waals surface area contributed by atoms with Gasteiger partial charge >= 0.3 is 0 Å². The lowest BCUT2D eigenvalue weighted by atomic mass is 9.94. The van der Waals surface area contributed by atoms with Gasteiger partial charge in [-0.2, -0.15) is 0 Å². The summed E-state index contributed by atoms with van der Waals surface area (Å²) in [5, 5.41) is 1.11. The van der Waals surface area contributed by atoms with Gasteiger partial charge in [0.05, 0.1) is 0 Å². The van der Waals surface area contributed by atoms with Gasteiger partial charge in [0.25, 0.3) is 0 Å². The molecule has 2 aliphatic heterocycles. The zero-order valence-corrected chi connectivity index (χ0v) is 18.5. The molecule has 2 saturated heterocycles. The number of benzene rings is 1. The lowest BCUT2D eigenvalue weighted by Gasteiger charge is -2.41. The number of rotatable bonds is 5. The average Bonchev–Trinajstić information content (AvgIpc) is 2.84. The van der Waals surface area contributed by atoms with Gasteiger partial charge in [-0.15, -0.1) is 0 Å². The minimum Gasteiger partial charge on any atom is -0.354 e. The normalized spacial score (nSPS) is 22.0. The Balaban J connectivity index is 1.15. The van der Waals surface area contributed by atoms with Crippen molar-refractivity contribution in [2.24, 2.45) is 5.92 Å². The van der Waals surface area contributed by atoms with Crippen LogP contribution in [0, 0.1) is 5.92 Å². The van der Waals surface area contributed by atoms with Crippen LogP contribution in [-0.4, -0.2) is 65.6 Å². The zero-order valence-electron chi connectivity index (χ0n) is 18.5. The van der Waals surface area contributed by atoms with Crippen LogP contribution < -0.4 is 4.90 Å². The summed E-state index contributed by atoms with van der Waals surface area (Å²) < 4.78 is 0. The molecular formula is C26H33N5. The number of fused-ring (bicyclic) bond motifs is 1. The number of nitrogens with zero attached hydrogens (tertiary/aromatic N) is 5. The van der Waals surface area contributed by atoms with E-state index < -0.39 is 0 Å². The number of piperidine rings is 1. The fraction of sp³-hybridized carbons (Fsp3) is 0.462. The Kier molecular flexibility index (Phi) is 6.14. The van der Waals surface area contributed by atoms with Gasteiger partial charge in [0.15, 0.2) is 5.65 Å². The number of anilines is 1. The molecule has 0 N–H and O–H groups in total. The molecule has 162 valence electrons. The number of pyridine rings is 2. The summed E-state index contributed by atoms with van der Waals surface area (Å²) in [7, 11) is 0. The quantitative estimate of drug-likeness (QED) is 0.623. The molecule has 2 aromatic heterocycles. The summed E-state index contributed by atoms with van der Waals surface area (Å²) in [4.78, 5) is 17.0. The van der Waals surface area contributed by atoms with E-state index in [1.54, 1.807) is 0 Å². The first kappa shape index (κ1) is 20.4. The van der Waals surface area contributed by atoms with E-state index in [1.165, 1.54) is 38.0 Å². The van der Waals surface area contributed by atoms with Crippen molar-refractivity contribution in [3.63, 3.8) is 0 Å². The molecule has 2 atom stereocenters. The topological polar surface area (TPSA) is 35.5 Å². The summed E-state index contributed by atoms with van der Waals surface area (Å²) in [6, 6.07) is 19.8. The summed E-state index contributed by atoms with van der Waals surface area (Å²) in [6.07, 6.45) is 4.50. The third-order valence-electron chi connectivity index (χ3n) is 7.04. The Morgan fingerprint density at radius 3 is 2.61 bits per heavy atom. The highest BCUT2D eigenvalue weighted by Crippen LogP contribution is 2.27. The van der Waals surface area contributed by atoms with Crippen LogP contribution in [0.25, 0.3) is 11.0 Å². The Bertz CT molecular complexity index is 983. The van der Waals surface area contributed by atoms with E-state index in [0.717, 1.165) is 48.9 Å². The molecule has 0 bridgehead atoms. The lowest BCUT2D eigenvalue weighted by Crippen LogP contribution is -2.50. The SMILES string of the molecule is CC(c1ccccc1)N1CCCC(CN2CCN(c3ccc4cccnc4n3)CC2)C1. The first-order chi connectivity index (χ1) is 15.3. The summed E-state index contributed by atoms with van der Waals surface area (Å²) in [5.41, 5.74) is 2.28. The van der Waals surface area contributed by atoms with Crippen molar-refractivity contribution >= 4 is 16.9 Å². The molecule has 0 spiro atoms. The molecule has 2 unspecified atom stereocenters. The van der Waals surface area contributed by atoms with Gasteiger partial charge in [0.2, 0.25) is 0 Å². The molecule has 1 aromatic carbocycles. The van der Waals surface area contributed by atoms with Crippen LogP contribution in [0.1, 0.15) is 31.4 Å². The van der Waals surface area contributed by atoms with E-state index >= 15 is 0 Å². The summed E-state index contributed by atoms with van der Waals surface area (Å²) >= 11 is 0. The van der Waals surface area contributed by atoms with E-state index in [2.05, 4.69) is 75.1 Å². The average molecular weight is 416 g/mol. The number of aromatic nitrogens is 2. The lowest BCUT2D eigenvalue weighted by molar-refractivity contribution is 0.102. The zero-order chi connectivity index (χ0) is 21.0. The predicted octanol–water partition coefficient (Wildman–Crippen LogP) is 4.23. The van der Waals surface area contributed by atoms with E-state index in [1.807, 2.05) is 12.3 Å². The van der Waals surface area contributed by atoms with E-state index in [0.29, 0.717) is 6.04 Å². The molecule has 5 heteroatoms. The molecule has 5 rings (SSSR count). The van der Waals surface area contributed by atoms with Crippen molar-refractivity contribution in [1.29, 1.82) is 0 Å². The van der Waals surface area contributed by atoms with Crippen molar-refractivity contribution in [1.82, 2.24) is 19.8 Å². The number of hydrogen-bond acceptors (Lipinski definition) is 5. The second-order valence-corrected chi connectivity index (χ2v) is 9.10. The van der Waals surface area contributed by atoms with Crippen molar-refractivity contribution in [3.8, 4) is 0 Å². The summed E-state index contributed by atoms with van der Waals surface area (Å²) in [6.45, 7) is 10.3. The van der Waals surface area contributed by atoms with Crippen LogP contribution in [0.2, 0.25) is 0 Å². The first-order valence-electron chi connectivity index (χ1n) is 11.7. The molecular weight excluding hydrogens is 382 g/mol. The van der Waals surface area contributed by atoms with Crippen LogP contribution in [0.3, 0.4) is 0 Å². The Morgan fingerprint density at radius 1 is 0.935 bits per heavy atom. The molecule has 0 amide bonds. The Hall–Kier alpha value is -2.50. The largest absolute Gasteiger partial charge is 0.354 e. The van der Waals surface area contributed by atoms with Crippen LogP contribution in [0.15, 0.2) is 60.8 Å². The second kappa shape index (κ2) is 9.33. The van der Waals surface area contributed by atoms with Crippen molar-refractivity contribution in [3.05, 3.63) is 66.4 Å². The maximum Gasteiger partial charge on any atom is 0.161 e. The molecule has 5 nitrogen and oxygen atoms in total. The van der Waals surface area contributed by atoms with Crippen molar-refractivity contribution in [2.75, 3.05) is 50.7 Å². The predicted molar refractivity (Wildman–Crippen MR) is 127 cm³/mol. The Labute approximate surface area is 185 Å². The van der Waals surface area contributed by atoms with Gasteiger partial charge in [0, 0.05) is 56.9 Å². The van der Waals surface area contributed by atoms with Gasteiger partial charge in [-0.1, -0.05) is 30.3 Å². The molecule has 31 heavy (non-hydrogen) atoms. The number of hydrogen-bond donors (Lipinski definition) is 0. The molecule has 2 fully saturated rings. The summed E-state index contributed by atoms with van der Waals surface area (Å²) in [5.74, 6) is 1.83. The highest BCUT2D eigenvalue weighted by Gasteiger charge is 2.27. The second-order valence-electron chi connectivity index (χ2n) is 9.10. The molecule has 0 radical (unpaired) electrons. The van der Waals surface area contributed by atoms with Gasteiger partial charge in [0.1, 0.15) is 5.82 Å². The molecule has 0 saturated carbocycles. The number of likely N-dealkylation sites (tertiary alicyclic amines) is 1. The van der Waals surface area contributed by atoms with Gasteiger partial charge < -0.3 is 4.90 Å². The first-order valence-corrected chi connectivity index (χ1v) is 11.7. The van der Waals surface area contributed by atoms with Gasteiger partial charge in [-0.05, 0) is 62.1 Å². The monoisotopic (exact) mass is 415 g/mol. The highest BCUT2D eigenvalue weighted by molar-refractivity contribution is 5.76. The highest BCUT2D eigenvalue weighted by atomic mass is 15.3. The molecule has 4 heterocycles. The van der Waals surface area contributed by atoms with E-state index in [-0.39, 0.29) is 0 Å². The van der Waals surface area contributed by atoms with Gasteiger partial charge in [-0.3, -0.25) is 9.80 Å². The maximum atomic E-state index is 4.79. The third kappa shape index (κ3) is 4.73. The van der Waals surface area contributed by atoms with Crippen LogP contribution in [0.5, 0.6) is 0 Å². The van der Waals surface area contributed by atoms with E-state index in [4.69, 9.17) is 4.98 Å². The standard InChI is InChI=1S/C26H33N5/c1-21(23-8-3-2-4-9-23)31-14-6-7-22(20-31)19-29-15-17-30(18-16-29)25-12-11-24-10-5-13-27-26(24)28-25/h2-5,8-13,21-22H,6-7,14-20H2,1H3. The minimum absolute atomic E-state index is 0.508. The molecule has 0 aliphatic carbocycles. The van der Waals surface area contributed by atoms with Crippen LogP contribution >= 0.6 is 0 Å².